The van der Waals surface area contributed by atoms with Gasteiger partial charge >= 0.3 is 0 Å². The van der Waals surface area contributed by atoms with Gasteiger partial charge in [-0.15, -0.1) is 0 Å². The van der Waals surface area contributed by atoms with Crippen LogP contribution in [0, 0.1) is 0 Å². The highest BCUT2D eigenvalue weighted by atomic mass is 16.3. The first-order valence-corrected chi connectivity index (χ1v) is 9.57. The highest BCUT2D eigenvalue weighted by molar-refractivity contribution is 5.49. The van der Waals surface area contributed by atoms with Crippen LogP contribution in [0.15, 0.2) is 42.5 Å². The summed E-state index contributed by atoms with van der Waals surface area (Å²) in [6.07, 6.45) is 1.84. The van der Waals surface area contributed by atoms with Gasteiger partial charge in [-0.25, -0.2) is 0 Å². The lowest BCUT2D eigenvalue weighted by Crippen LogP contribution is -2.18. The molecule has 0 aliphatic heterocycles. The number of rotatable bonds is 5. The predicted molar refractivity (Wildman–Crippen MR) is 110 cm³/mol. The summed E-state index contributed by atoms with van der Waals surface area (Å²) >= 11 is 0. The molecular weight excluding hydrogens is 320 g/mol. The molecule has 2 rings (SSSR count). The van der Waals surface area contributed by atoms with E-state index >= 15 is 0 Å². The number of hydrogen-bond donors (Lipinski definition) is 2. The van der Waals surface area contributed by atoms with E-state index in [-0.39, 0.29) is 16.9 Å². The minimum atomic E-state index is -0.359. The molecule has 2 heteroatoms. The fourth-order valence-electron chi connectivity index (χ4n) is 3.30. The van der Waals surface area contributed by atoms with Gasteiger partial charge in [-0.05, 0) is 52.3 Å². The lowest BCUT2D eigenvalue weighted by atomic mass is 9.78. The van der Waals surface area contributed by atoms with Gasteiger partial charge in [-0.3, -0.25) is 0 Å². The van der Waals surface area contributed by atoms with Gasteiger partial charge in [0.25, 0.3) is 0 Å². The number of benzene rings is 2. The molecule has 142 valence electrons. The Labute approximate surface area is 158 Å². The fourth-order valence-corrected chi connectivity index (χ4v) is 3.30. The van der Waals surface area contributed by atoms with Crippen LogP contribution < -0.4 is 0 Å². The van der Waals surface area contributed by atoms with E-state index in [4.69, 9.17) is 0 Å². The van der Waals surface area contributed by atoms with E-state index in [9.17, 15) is 10.2 Å². The lowest BCUT2D eigenvalue weighted by Gasteiger charge is -2.28. The zero-order chi connectivity index (χ0) is 19.5. The summed E-state index contributed by atoms with van der Waals surface area (Å²) in [7, 11) is 0. The quantitative estimate of drug-likeness (QED) is 0.742. The van der Waals surface area contributed by atoms with Crippen LogP contribution in [0.5, 0.6) is 5.75 Å². The number of phenolic OH excluding ortho intramolecular Hbond substituents is 1. The van der Waals surface area contributed by atoms with Gasteiger partial charge < -0.3 is 10.2 Å². The van der Waals surface area contributed by atoms with Crippen molar-refractivity contribution in [1.29, 1.82) is 0 Å². The molecule has 0 saturated heterocycles. The van der Waals surface area contributed by atoms with Crippen LogP contribution in [0.2, 0.25) is 0 Å². The summed E-state index contributed by atoms with van der Waals surface area (Å²) in [5.41, 5.74) is 4.07. The van der Waals surface area contributed by atoms with E-state index in [0.29, 0.717) is 18.6 Å². The smallest absolute Gasteiger partial charge is 0.123 e. The summed E-state index contributed by atoms with van der Waals surface area (Å²) in [5.74, 6) is 0.415. The minimum Gasteiger partial charge on any atom is -0.507 e. The lowest BCUT2D eigenvalue weighted by molar-refractivity contribution is 0.165. The number of aromatic hydroxyl groups is 1. The maximum absolute atomic E-state index is 10.8. The van der Waals surface area contributed by atoms with Crippen molar-refractivity contribution >= 4 is 0 Å². The highest BCUT2D eigenvalue weighted by Gasteiger charge is 2.26. The van der Waals surface area contributed by atoms with Gasteiger partial charge in [0.2, 0.25) is 0 Å². The molecule has 2 nitrogen and oxygen atoms in total. The molecule has 0 radical (unpaired) electrons. The molecule has 2 N–H and O–H groups in total. The summed E-state index contributed by atoms with van der Waals surface area (Å²) in [6.45, 7) is 12.8. The van der Waals surface area contributed by atoms with Crippen molar-refractivity contribution in [2.75, 3.05) is 0 Å². The Morgan fingerprint density at radius 1 is 0.808 bits per heavy atom. The third-order valence-corrected chi connectivity index (χ3v) is 4.87. The maximum Gasteiger partial charge on any atom is 0.123 e. The van der Waals surface area contributed by atoms with E-state index in [1.54, 1.807) is 0 Å². The van der Waals surface area contributed by atoms with Crippen molar-refractivity contribution in [2.24, 2.45) is 0 Å². The Balaban J connectivity index is 2.20. The molecule has 1 atom stereocenters. The van der Waals surface area contributed by atoms with Crippen LogP contribution in [0.4, 0.5) is 0 Å². The second-order valence-corrected chi connectivity index (χ2v) is 9.42. The van der Waals surface area contributed by atoms with Crippen molar-refractivity contribution < 1.29 is 10.2 Å². The van der Waals surface area contributed by atoms with Crippen LogP contribution in [0.25, 0.3) is 0 Å². The van der Waals surface area contributed by atoms with E-state index in [0.717, 1.165) is 23.1 Å². The Hall–Kier alpha value is -1.80. The third kappa shape index (κ3) is 5.35. The van der Waals surface area contributed by atoms with Crippen molar-refractivity contribution in [3.63, 3.8) is 0 Å². The minimum absolute atomic E-state index is 0.122. The van der Waals surface area contributed by atoms with Gasteiger partial charge in [0, 0.05) is 0 Å². The largest absolute Gasteiger partial charge is 0.507 e. The Bertz CT molecular complexity index is 683. The van der Waals surface area contributed by atoms with Crippen molar-refractivity contribution in [1.82, 2.24) is 0 Å². The van der Waals surface area contributed by atoms with E-state index in [2.05, 4.69) is 65.8 Å². The summed E-state index contributed by atoms with van der Waals surface area (Å²) in [4.78, 5) is 0. The first-order chi connectivity index (χ1) is 12.0. The maximum atomic E-state index is 10.8. The van der Waals surface area contributed by atoms with Gasteiger partial charge in [-0.2, -0.15) is 0 Å². The number of aliphatic hydroxyl groups excluding tert-OH is 1. The highest BCUT2D eigenvalue weighted by Crippen LogP contribution is 2.40. The summed E-state index contributed by atoms with van der Waals surface area (Å²) < 4.78 is 0. The third-order valence-electron chi connectivity index (χ3n) is 4.87. The van der Waals surface area contributed by atoms with Crippen LogP contribution in [-0.2, 0) is 23.7 Å². The van der Waals surface area contributed by atoms with E-state index in [1.807, 2.05) is 18.2 Å². The van der Waals surface area contributed by atoms with Gasteiger partial charge in [-0.1, -0.05) is 84.0 Å². The van der Waals surface area contributed by atoms with Crippen molar-refractivity contribution in [3.8, 4) is 5.75 Å². The topological polar surface area (TPSA) is 40.5 Å². The Morgan fingerprint density at radius 2 is 1.31 bits per heavy atom. The van der Waals surface area contributed by atoms with Crippen LogP contribution in [0.3, 0.4) is 0 Å². The van der Waals surface area contributed by atoms with Crippen LogP contribution >= 0.6 is 0 Å². The standard InChI is InChI=1S/C24H34O2/c1-23(2,3)20-15-18(16-21(22(20)26)24(4,5)6)12-13-19(25)14-17-10-8-7-9-11-17/h7-11,15-16,19,25-26H,12-14H2,1-6H3. The monoisotopic (exact) mass is 354 g/mol. The number of phenols is 1. The fraction of sp³-hybridized carbons (Fsp3) is 0.500. The molecule has 0 amide bonds. The molecule has 26 heavy (non-hydrogen) atoms. The van der Waals surface area contributed by atoms with Crippen molar-refractivity contribution in [3.05, 3.63) is 64.7 Å². The summed E-state index contributed by atoms with van der Waals surface area (Å²) in [6, 6.07) is 14.3. The second-order valence-electron chi connectivity index (χ2n) is 9.42. The van der Waals surface area contributed by atoms with Crippen LogP contribution in [-0.4, -0.2) is 16.3 Å². The molecule has 1 unspecified atom stereocenters. The van der Waals surface area contributed by atoms with E-state index in [1.165, 1.54) is 5.56 Å². The van der Waals surface area contributed by atoms with Crippen LogP contribution in [0.1, 0.15) is 70.2 Å². The average Bonchev–Trinajstić information content (AvgIpc) is 2.52. The molecular formula is C24H34O2. The normalized spacial score (nSPS) is 13.7. The Morgan fingerprint density at radius 3 is 1.77 bits per heavy atom. The number of hydrogen-bond acceptors (Lipinski definition) is 2. The molecule has 0 fully saturated rings. The van der Waals surface area contributed by atoms with E-state index < -0.39 is 0 Å². The molecule has 2 aromatic carbocycles. The molecule has 0 aromatic heterocycles. The second kappa shape index (κ2) is 7.84. The molecule has 0 spiro atoms. The molecule has 0 bridgehead atoms. The van der Waals surface area contributed by atoms with Gasteiger partial charge in [0.05, 0.1) is 6.10 Å². The first kappa shape index (κ1) is 20.5. The molecule has 2 aromatic rings. The molecule has 0 aliphatic rings. The SMILES string of the molecule is CC(C)(C)c1cc(CCC(O)Cc2ccccc2)cc(C(C)(C)C)c1O. The molecule has 0 heterocycles. The van der Waals surface area contributed by atoms with Gasteiger partial charge in [0.15, 0.2) is 0 Å². The van der Waals surface area contributed by atoms with Crippen molar-refractivity contribution in [2.45, 2.75) is 77.7 Å². The Kier molecular flexibility index (Phi) is 6.18. The zero-order valence-corrected chi connectivity index (χ0v) is 17.1. The first-order valence-electron chi connectivity index (χ1n) is 9.57. The zero-order valence-electron chi connectivity index (χ0n) is 17.1. The molecule has 0 saturated carbocycles. The average molecular weight is 355 g/mol. The predicted octanol–water partition coefficient (Wildman–Crippen LogP) is 5.52. The number of aliphatic hydroxyl groups is 1. The van der Waals surface area contributed by atoms with Gasteiger partial charge in [0.1, 0.15) is 5.75 Å². The summed E-state index contributed by atoms with van der Waals surface area (Å²) in [5, 5.41) is 21.2. The number of aryl methyl sites for hydroxylation is 1. The molecule has 0 aliphatic carbocycles.